The molecule has 138 valence electrons. The van der Waals surface area contributed by atoms with Gasteiger partial charge in [-0.2, -0.15) is 0 Å². The molecule has 0 bridgehead atoms. The molecular weight excluding hydrogens is 336 g/mol. The van der Waals surface area contributed by atoms with Crippen LogP contribution in [0.5, 0.6) is 5.88 Å². The van der Waals surface area contributed by atoms with Crippen LogP contribution in [-0.2, 0) is 20.9 Å². The second kappa shape index (κ2) is 7.17. The molecule has 0 radical (unpaired) electrons. The normalized spacial score (nSPS) is 17.6. The number of fused-ring (bicyclic) bond motifs is 1. The predicted octanol–water partition coefficient (Wildman–Crippen LogP) is 0.502. The van der Waals surface area contributed by atoms with Crippen molar-refractivity contribution in [2.24, 2.45) is 0 Å². The van der Waals surface area contributed by atoms with E-state index in [9.17, 15) is 19.5 Å². The lowest BCUT2D eigenvalue weighted by Crippen LogP contribution is -2.41. The highest BCUT2D eigenvalue weighted by molar-refractivity contribution is 6.00. The summed E-state index contributed by atoms with van der Waals surface area (Å²) in [6.45, 7) is 0.612. The van der Waals surface area contributed by atoms with E-state index >= 15 is 0 Å². The number of carbonyl (C=O) groups excluding carboxylic acids is 3. The largest absolute Gasteiger partial charge is 0.494 e. The number of imide groups is 1. The van der Waals surface area contributed by atoms with E-state index in [2.05, 4.69) is 10.6 Å². The molecule has 1 saturated heterocycles. The van der Waals surface area contributed by atoms with Crippen molar-refractivity contribution in [3.8, 4) is 5.88 Å². The summed E-state index contributed by atoms with van der Waals surface area (Å²) in [4.78, 5) is 37.1. The van der Waals surface area contributed by atoms with Crippen LogP contribution >= 0.6 is 0 Å². The Labute approximate surface area is 150 Å². The van der Waals surface area contributed by atoms with Crippen LogP contribution < -0.4 is 10.6 Å². The van der Waals surface area contributed by atoms with Crippen molar-refractivity contribution in [2.75, 3.05) is 20.6 Å². The molecule has 2 heterocycles. The van der Waals surface area contributed by atoms with Gasteiger partial charge in [-0.15, -0.1) is 0 Å². The Hall–Kier alpha value is -2.87. The number of benzene rings is 1. The van der Waals surface area contributed by atoms with Crippen LogP contribution in [0.15, 0.2) is 24.4 Å². The molecule has 3 rings (SSSR count). The molecule has 1 atom stereocenters. The molecule has 0 saturated carbocycles. The lowest BCUT2D eigenvalue weighted by Gasteiger charge is -2.22. The van der Waals surface area contributed by atoms with E-state index in [1.165, 1.54) is 4.57 Å². The van der Waals surface area contributed by atoms with Crippen LogP contribution in [0.25, 0.3) is 10.8 Å². The van der Waals surface area contributed by atoms with E-state index in [4.69, 9.17) is 0 Å². The first-order chi connectivity index (χ1) is 12.4. The minimum atomic E-state index is -0.628. The lowest BCUT2D eigenvalue weighted by molar-refractivity contribution is -0.135. The van der Waals surface area contributed by atoms with Crippen LogP contribution in [0.4, 0.5) is 0 Å². The minimum Gasteiger partial charge on any atom is -0.494 e. The highest BCUT2D eigenvalue weighted by atomic mass is 16.3. The minimum absolute atomic E-state index is 0.0176. The summed E-state index contributed by atoms with van der Waals surface area (Å²) in [6, 6.07) is 4.80. The summed E-state index contributed by atoms with van der Waals surface area (Å²) in [7, 11) is 3.64. The molecule has 26 heavy (non-hydrogen) atoms. The summed E-state index contributed by atoms with van der Waals surface area (Å²) >= 11 is 0. The van der Waals surface area contributed by atoms with Gasteiger partial charge in [0.25, 0.3) is 0 Å². The predicted molar refractivity (Wildman–Crippen MR) is 95.4 cm³/mol. The first-order valence-corrected chi connectivity index (χ1v) is 8.43. The zero-order chi connectivity index (χ0) is 18.8. The maximum Gasteiger partial charge on any atom is 0.249 e. The average molecular weight is 358 g/mol. The van der Waals surface area contributed by atoms with Crippen molar-refractivity contribution in [3.05, 3.63) is 30.0 Å². The van der Waals surface area contributed by atoms with Gasteiger partial charge in [0.15, 0.2) is 5.88 Å². The Morgan fingerprint density at radius 3 is 2.81 bits per heavy atom. The molecule has 8 heteroatoms. The van der Waals surface area contributed by atoms with Gasteiger partial charge in [-0.1, -0.05) is 12.1 Å². The van der Waals surface area contributed by atoms with Gasteiger partial charge in [0, 0.05) is 29.9 Å². The Kier molecular flexibility index (Phi) is 4.94. The summed E-state index contributed by atoms with van der Waals surface area (Å²) in [6.07, 6.45) is 2.28. The number of piperidine rings is 1. The van der Waals surface area contributed by atoms with Gasteiger partial charge in [-0.05, 0) is 32.1 Å². The van der Waals surface area contributed by atoms with E-state index in [1.54, 1.807) is 23.2 Å². The number of rotatable bonds is 5. The highest BCUT2D eigenvalue weighted by Crippen LogP contribution is 2.34. The zero-order valence-corrected chi connectivity index (χ0v) is 14.8. The fourth-order valence-electron chi connectivity index (χ4n) is 3.18. The van der Waals surface area contributed by atoms with E-state index in [0.29, 0.717) is 24.9 Å². The molecule has 1 aromatic heterocycles. The number of hydrogen-bond acceptors (Lipinski definition) is 5. The smallest absolute Gasteiger partial charge is 0.249 e. The van der Waals surface area contributed by atoms with Gasteiger partial charge >= 0.3 is 0 Å². The van der Waals surface area contributed by atoms with Crippen LogP contribution in [0, 0.1) is 0 Å². The number of hydrogen-bond donors (Lipinski definition) is 3. The van der Waals surface area contributed by atoms with Gasteiger partial charge in [-0.25, -0.2) is 0 Å². The fourth-order valence-corrected chi connectivity index (χ4v) is 3.18. The number of carbonyl (C=O) groups is 3. The topological polar surface area (TPSA) is 104 Å². The fraction of sp³-hybridized carbons (Fsp3) is 0.389. The molecule has 1 aromatic carbocycles. The van der Waals surface area contributed by atoms with Crippen molar-refractivity contribution in [2.45, 2.75) is 25.4 Å². The van der Waals surface area contributed by atoms with Gasteiger partial charge in [0.1, 0.15) is 6.04 Å². The van der Waals surface area contributed by atoms with Crippen molar-refractivity contribution in [1.82, 2.24) is 20.1 Å². The molecule has 1 fully saturated rings. The molecule has 0 aliphatic carbocycles. The Morgan fingerprint density at radius 1 is 1.35 bits per heavy atom. The van der Waals surface area contributed by atoms with E-state index in [0.717, 1.165) is 10.9 Å². The Morgan fingerprint density at radius 2 is 2.12 bits per heavy atom. The molecular formula is C18H22N4O4. The third kappa shape index (κ3) is 3.55. The molecule has 2 aromatic rings. The van der Waals surface area contributed by atoms with Gasteiger partial charge in [0.2, 0.25) is 17.7 Å². The van der Waals surface area contributed by atoms with E-state index in [1.807, 2.05) is 20.2 Å². The number of likely N-dealkylation sites (N-methyl/N-ethyl adjacent to an activating group) is 1. The third-order valence-corrected chi connectivity index (χ3v) is 4.43. The van der Waals surface area contributed by atoms with Crippen molar-refractivity contribution in [3.63, 3.8) is 0 Å². The highest BCUT2D eigenvalue weighted by Gasteiger charge is 2.30. The number of nitrogens with one attached hydrogen (secondary N) is 2. The van der Waals surface area contributed by atoms with Crippen molar-refractivity contribution in [1.29, 1.82) is 0 Å². The second-order valence-corrected chi connectivity index (χ2v) is 6.72. The summed E-state index contributed by atoms with van der Waals surface area (Å²) in [5.41, 5.74) is 0.843. The molecule has 0 spiro atoms. The standard InChI is InChI=1S/C18H22N4O4/c1-21(2)10-16(24)19-8-11-4-3-5-12-13(11)9-22(18(12)26)14-6-7-15(23)20-17(14)25/h3-5,9,14,26H,6-8,10H2,1-2H3,(H,19,24)(H,20,23,25). The lowest BCUT2D eigenvalue weighted by atomic mass is 10.1. The quantitative estimate of drug-likeness (QED) is 0.676. The third-order valence-electron chi connectivity index (χ3n) is 4.43. The van der Waals surface area contributed by atoms with Crippen LogP contribution in [-0.4, -0.2) is 52.9 Å². The van der Waals surface area contributed by atoms with Crippen molar-refractivity contribution >= 4 is 28.5 Å². The molecule has 1 aliphatic heterocycles. The van der Waals surface area contributed by atoms with Gasteiger partial charge in [-0.3, -0.25) is 19.7 Å². The molecule has 3 amide bonds. The SMILES string of the molecule is CN(C)CC(=O)NCc1cccc2c(O)n(C3CCC(=O)NC3=O)cc12. The maximum atomic E-state index is 12.1. The van der Waals surface area contributed by atoms with Crippen LogP contribution in [0.1, 0.15) is 24.4 Å². The number of nitrogens with zero attached hydrogens (tertiary/aromatic N) is 2. The number of aromatic nitrogens is 1. The first kappa shape index (κ1) is 17.9. The van der Waals surface area contributed by atoms with Gasteiger partial charge in [0.05, 0.1) is 6.54 Å². The molecule has 1 unspecified atom stereocenters. The van der Waals surface area contributed by atoms with E-state index < -0.39 is 11.9 Å². The molecule has 8 nitrogen and oxygen atoms in total. The van der Waals surface area contributed by atoms with Crippen LogP contribution in [0.2, 0.25) is 0 Å². The zero-order valence-electron chi connectivity index (χ0n) is 14.8. The average Bonchev–Trinajstić information content (AvgIpc) is 2.90. The van der Waals surface area contributed by atoms with Crippen molar-refractivity contribution < 1.29 is 19.5 Å². The summed E-state index contributed by atoms with van der Waals surface area (Å²) < 4.78 is 1.50. The summed E-state index contributed by atoms with van der Waals surface area (Å²) in [5.74, 6) is -0.832. The number of aromatic hydroxyl groups is 1. The number of amides is 3. The van der Waals surface area contributed by atoms with E-state index in [-0.39, 0.29) is 24.1 Å². The molecule has 1 aliphatic rings. The van der Waals surface area contributed by atoms with Gasteiger partial charge < -0.3 is 19.9 Å². The Balaban J connectivity index is 1.87. The molecule has 3 N–H and O–H groups in total. The summed E-state index contributed by atoms with van der Waals surface area (Å²) in [5, 5.41) is 17.1. The monoisotopic (exact) mass is 358 g/mol. The Bertz CT molecular complexity index is 871. The van der Waals surface area contributed by atoms with Crippen LogP contribution in [0.3, 0.4) is 0 Å². The maximum absolute atomic E-state index is 12.1. The first-order valence-electron chi connectivity index (χ1n) is 8.43. The second-order valence-electron chi connectivity index (χ2n) is 6.72.